The zero-order chi connectivity index (χ0) is 15.0. The molecule has 0 heterocycles. The Balaban J connectivity index is 4.17. The van der Waals surface area contributed by atoms with Gasteiger partial charge in [0.25, 0.3) is 0 Å². The number of nitrogens with two attached hydrogens (primary N) is 1. The second kappa shape index (κ2) is 7.90. The molecule has 0 aromatic carbocycles. The summed E-state index contributed by atoms with van der Waals surface area (Å²) in [4.78, 5) is 43.9. The number of hydrogen-bond donors (Lipinski definition) is 5. The van der Waals surface area contributed by atoms with E-state index in [1.54, 1.807) is 13.8 Å². The fourth-order valence-electron chi connectivity index (χ4n) is 1.14. The first-order valence-electron chi connectivity index (χ1n) is 5.57. The minimum atomic E-state index is -1.43. The van der Waals surface area contributed by atoms with Crippen LogP contribution in [0.4, 0.5) is 4.79 Å². The van der Waals surface area contributed by atoms with Gasteiger partial charge in [0.15, 0.2) is 0 Å². The first kappa shape index (κ1) is 16.7. The van der Waals surface area contributed by atoms with Crippen LogP contribution in [0, 0.1) is 0 Å². The highest BCUT2D eigenvalue weighted by Gasteiger charge is 2.22. The molecule has 19 heavy (non-hydrogen) atoms. The Hall–Kier alpha value is -2.32. The van der Waals surface area contributed by atoms with Gasteiger partial charge in [0.2, 0.25) is 11.8 Å². The van der Waals surface area contributed by atoms with Crippen LogP contribution in [0.25, 0.3) is 0 Å². The van der Waals surface area contributed by atoms with Gasteiger partial charge in [0.05, 0.1) is 13.0 Å². The second-order valence-corrected chi connectivity index (χ2v) is 4.11. The standard InChI is InChI=1S/C10H18N4O5/c1-5(2)13-8(16)4-12-10(19)14-6(9(17)18)3-7(11)15/h5-6H,3-4H2,1-2H3,(H2,11,15)(H,13,16)(H,17,18)(H2,12,14,19). The number of nitrogens with one attached hydrogen (secondary N) is 3. The van der Waals surface area contributed by atoms with Gasteiger partial charge in [-0.2, -0.15) is 0 Å². The molecule has 9 heteroatoms. The van der Waals surface area contributed by atoms with Crippen molar-refractivity contribution in [3.05, 3.63) is 0 Å². The van der Waals surface area contributed by atoms with Gasteiger partial charge in [-0.15, -0.1) is 0 Å². The minimum absolute atomic E-state index is 0.0704. The van der Waals surface area contributed by atoms with Gasteiger partial charge in [-0.3, -0.25) is 9.59 Å². The molecular formula is C10H18N4O5. The van der Waals surface area contributed by atoms with Crippen LogP contribution < -0.4 is 21.7 Å². The number of carboxylic acid groups (broad SMARTS) is 1. The van der Waals surface area contributed by atoms with Gasteiger partial charge in [0.1, 0.15) is 6.04 Å². The summed E-state index contributed by atoms with van der Waals surface area (Å²) in [6.07, 6.45) is -0.527. The van der Waals surface area contributed by atoms with Crippen molar-refractivity contribution in [2.75, 3.05) is 6.54 Å². The normalized spacial score (nSPS) is 11.5. The largest absolute Gasteiger partial charge is 0.480 e. The molecule has 9 nitrogen and oxygen atoms in total. The molecule has 0 bridgehead atoms. The first-order chi connectivity index (χ1) is 8.72. The van der Waals surface area contributed by atoms with E-state index in [1.165, 1.54) is 0 Å². The van der Waals surface area contributed by atoms with Gasteiger partial charge in [-0.1, -0.05) is 0 Å². The van der Waals surface area contributed by atoms with Crippen molar-refractivity contribution in [3.8, 4) is 0 Å². The topological polar surface area (TPSA) is 151 Å². The van der Waals surface area contributed by atoms with Gasteiger partial charge in [0, 0.05) is 6.04 Å². The van der Waals surface area contributed by atoms with E-state index in [2.05, 4.69) is 10.6 Å². The van der Waals surface area contributed by atoms with Gasteiger partial charge >= 0.3 is 12.0 Å². The summed E-state index contributed by atoms with van der Waals surface area (Å²) in [6.45, 7) is 3.21. The lowest BCUT2D eigenvalue weighted by atomic mass is 10.2. The Labute approximate surface area is 109 Å². The molecule has 0 saturated heterocycles. The maximum atomic E-state index is 11.3. The highest BCUT2D eigenvalue weighted by Crippen LogP contribution is 1.91. The smallest absolute Gasteiger partial charge is 0.326 e. The number of hydrogen-bond acceptors (Lipinski definition) is 4. The van der Waals surface area contributed by atoms with Crippen molar-refractivity contribution in [1.29, 1.82) is 0 Å². The number of urea groups is 1. The summed E-state index contributed by atoms with van der Waals surface area (Å²) in [5, 5.41) is 15.5. The Morgan fingerprint density at radius 1 is 1.16 bits per heavy atom. The van der Waals surface area contributed by atoms with E-state index in [0.29, 0.717) is 0 Å². The van der Waals surface area contributed by atoms with Crippen molar-refractivity contribution in [2.24, 2.45) is 5.73 Å². The summed E-state index contributed by atoms with van der Waals surface area (Å²) >= 11 is 0. The third-order valence-corrected chi connectivity index (χ3v) is 1.87. The molecule has 0 spiro atoms. The van der Waals surface area contributed by atoms with Gasteiger partial charge < -0.3 is 26.8 Å². The molecule has 0 aromatic rings. The van der Waals surface area contributed by atoms with E-state index in [1.807, 2.05) is 5.32 Å². The fourth-order valence-corrected chi connectivity index (χ4v) is 1.14. The van der Waals surface area contributed by atoms with Crippen molar-refractivity contribution in [1.82, 2.24) is 16.0 Å². The van der Waals surface area contributed by atoms with E-state index in [0.717, 1.165) is 0 Å². The van der Waals surface area contributed by atoms with E-state index in [-0.39, 0.29) is 12.6 Å². The summed E-state index contributed by atoms with van der Waals surface area (Å²) < 4.78 is 0. The van der Waals surface area contributed by atoms with Crippen molar-refractivity contribution in [3.63, 3.8) is 0 Å². The molecule has 1 atom stereocenters. The van der Waals surface area contributed by atoms with E-state index in [4.69, 9.17) is 10.8 Å². The van der Waals surface area contributed by atoms with Crippen LogP contribution in [-0.2, 0) is 14.4 Å². The predicted molar refractivity (Wildman–Crippen MR) is 65.0 cm³/mol. The highest BCUT2D eigenvalue weighted by molar-refractivity contribution is 5.89. The average Bonchev–Trinajstić information content (AvgIpc) is 2.23. The molecule has 0 aromatic heterocycles. The van der Waals surface area contributed by atoms with Crippen LogP contribution in [0.15, 0.2) is 0 Å². The summed E-state index contributed by atoms with van der Waals surface area (Å²) in [5.74, 6) is -2.65. The number of carbonyl (C=O) groups is 4. The van der Waals surface area contributed by atoms with Crippen molar-refractivity contribution in [2.45, 2.75) is 32.4 Å². The van der Waals surface area contributed by atoms with Crippen LogP contribution in [-0.4, -0.2) is 47.5 Å². The number of carboxylic acids is 1. The number of rotatable bonds is 7. The van der Waals surface area contributed by atoms with Crippen molar-refractivity contribution >= 4 is 23.8 Å². The van der Waals surface area contributed by atoms with Gasteiger partial charge in [-0.25, -0.2) is 9.59 Å². The molecule has 0 rings (SSSR count). The average molecular weight is 274 g/mol. The minimum Gasteiger partial charge on any atom is -0.480 e. The Kier molecular flexibility index (Phi) is 6.94. The lowest BCUT2D eigenvalue weighted by Gasteiger charge is -2.14. The van der Waals surface area contributed by atoms with Crippen molar-refractivity contribution < 1.29 is 24.3 Å². The summed E-state index contributed by atoms with van der Waals surface area (Å²) in [5.41, 5.74) is 4.85. The lowest BCUT2D eigenvalue weighted by molar-refractivity contribution is -0.140. The zero-order valence-corrected chi connectivity index (χ0v) is 10.7. The van der Waals surface area contributed by atoms with Gasteiger partial charge in [-0.05, 0) is 13.8 Å². The molecule has 0 fully saturated rings. The van der Waals surface area contributed by atoms with Crippen LogP contribution in [0.2, 0.25) is 0 Å². The van der Waals surface area contributed by atoms with Crippen LogP contribution in [0.3, 0.4) is 0 Å². The van der Waals surface area contributed by atoms with E-state index < -0.39 is 36.3 Å². The molecule has 4 amide bonds. The summed E-state index contributed by atoms with van der Waals surface area (Å²) in [6, 6.07) is -2.36. The van der Waals surface area contributed by atoms with Crippen LogP contribution >= 0.6 is 0 Å². The fraction of sp³-hybridized carbons (Fsp3) is 0.600. The zero-order valence-electron chi connectivity index (χ0n) is 10.7. The number of amides is 4. The summed E-state index contributed by atoms with van der Waals surface area (Å²) in [7, 11) is 0. The monoisotopic (exact) mass is 274 g/mol. The molecule has 6 N–H and O–H groups in total. The molecule has 0 aliphatic heterocycles. The first-order valence-corrected chi connectivity index (χ1v) is 5.57. The third-order valence-electron chi connectivity index (χ3n) is 1.87. The Bertz CT molecular complexity index is 369. The molecule has 108 valence electrons. The number of carbonyl (C=O) groups excluding carboxylic acids is 3. The molecule has 0 aliphatic carbocycles. The SMILES string of the molecule is CC(C)NC(=O)CNC(=O)NC(CC(N)=O)C(=O)O. The third kappa shape index (κ3) is 8.41. The van der Waals surface area contributed by atoms with Crippen LogP contribution in [0.1, 0.15) is 20.3 Å². The molecule has 1 unspecified atom stereocenters. The lowest BCUT2D eigenvalue weighted by Crippen LogP contribution is -2.50. The second-order valence-electron chi connectivity index (χ2n) is 4.11. The predicted octanol–water partition coefficient (Wildman–Crippen LogP) is -1.86. The van der Waals surface area contributed by atoms with Crippen LogP contribution in [0.5, 0.6) is 0 Å². The molecule has 0 radical (unpaired) electrons. The quantitative estimate of drug-likeness (QED) is 0.369. The highest BCUT2D eigenvalue weighted by atomic mass is 16.4. The Morgan fingerprint density at radius 3 is 2.16 bits per heavy atom. The molecular weight excluding hydrogens is 256 g/mol. The molecule has 0 aliphatic rings. The molecule has 0 saturated carbocycles. The van der Waals surface area contributed by atoms with E-state index in [9.17, 15) is 19.2 Å². The number of aliphatic carboxylic acids is 1. The maximum absolute atomic E-state index is 11.3. The maximum Gasteiger partial charge on any atom is 0.326 e. The van der Waals surface area contributed by atoms with E-state index >= 15 is 0 Å². The number of primary amides is 1. The Morgan fingerprint density at radius 2 is 1.74 bits per heavy atom.